The Morgan fingerprint density at radius 3 is 2.77 bits per heavy atom. The van der Waals surface area contributed by atoms with E-state index in [9.17, 15) is 9.59 Å². The molecule has 3 heterocycles. The molecule has 7 heteroatoms. The maximum atomic E-state index is 13.3. The molecule has 1 amide bonds. The van der Waals surface area contributed by atoms with E-state index >= 15 is 0 Å². The molecule has 1 aliphatic heterocycles. The Kier molecular flexibility index (Phi) is 5.38. The van der Waals surface area contributed by atoms with Gasteiger partial charge in [0.1, 0.15) is 0 Å². The van der Waals surface area contributed by atoms with Gasteiger partial charge in [-0.3, -0.25) is 14.2 Å². The Hall–Kier alpha value is -2.90. The Labute approximate surface area is 188 Å². The molecule has 0 N–H and O–H groups in total. The van der Waals surface area contributed by atoms with Crippen LogP contribution in [0.4, 0.5) is 0 Å². The fourth-order valence-electron chi connectivity index (χ4n) is 3.81. The lowest BCUT2D eigenvalue weighted by Gasteiger charge is -2.27. The molecule has 0 saturated carbocycles. The summed E-state index contributed by atoms with van der Waals surface area (Å²) >= 11 is 3.08. The number of hydrogen-bond donors (Lipinski definition) is 0. The third-order valence-corrected chi connectivity index (χ3v) is 7.47. The van der Waals surface area contributed by atoms with Crippen molar-refractivity contribution in [1.29, 1.82) is 0 Å². The van der Waals surface area contributed by atoms with Crippen LogP contribution in [0.5, 0.6) is 0 Å². The van der Waals surface area contributed by atoms with Crippen molar-refractivity contribution in [2.45, 2.75) is 25.0 Å². The summed E-state index contributed by atoms with van der Waals surface area (Å²) in [6.07, 6.45) is 0.908. The monoisotopic (exact) mass is 447 g/mol. The summed E-state index contributed by atoms with van der Waals surface area (Å²) in [6, 6.07) is 17.2. The van der Waals surface area contributed by atoms with E-state index in [-0.39, 0.29) is 17.2 Å². The first-order valence-electron chi connectivity index (χ1n) is 10.1. The first kappa shape index (κ1) is 20.0. The molecule has 2 aromatic carbocycles. The highest BCUT2D eigenvalue weighted by atomic mass is 32.2. The van der Waals surface area contributed by atoms with Gasteiger partial charge in [0, 0.05) is 18.0 Å². The number of aromatic nitrogens is 2. The van der Waals surface area contributed by atoms with Crippen molar-refractivity contribution < 1.29 is 4.79 Å². The number of para-hydroxylation sites is 1. The Morgan fingerprint density at radius 2 is 1.94 bits per heavy atom. The molecule has 156 valence electrons. The van der Waals surface area contributed by atoms with Gasteiger partial charge in [-0.1, -0.05) is 41.6 Å². The van der Waals surface area contributed by atoms with Crippen molar-refractivity contribution in [2.24, 2.45) is 0 Å². The molecule has 2 aromatic heterocycles. The average Bonchev–Trinajstić information content (AvgIpc) is 3.26. The highest BCUT2D eigenvalue weighted by Gasteiger charge is 2.22. The summed E-state index contributed by atoms with van der Waals surface area (Å²) < 4.78 is 1.62. The molecule has 4 aromatic rings. The maximum absolute atomic E-state index is 13.3. The largest absolute Gasteiger partial charge is 0.337 e. The van der Waals surface area contributed by atoms with Gasteiger partial charge >= 0.3 is 0 Å². The zero-order chi connectivity index (χ0) is 21.4. The highest BCUT2D eigenvalue weighted by molar-refractivity contribution is 7.99. The van der Waals surface area contributed by atoms with Gasteiger partial charge in [-0.15, -0.1) is 11.3 Å². The molecule has 0 radical (unpaired) electrons. The van der Waals surface area contributed by atoms with Gasteiger partial charge in [-0.2, -0.15) is 0 Å². The number of amides is 1. The van der Waals surface area contributed by atoms with Crippen LogP contribution >= 0.6 is 23.1 Å². The van der Waals surface area contributed by atoms with Gasteiger partial charge in [-0.05, 0) is 54.6 Å². The quantitative estimate of drug-likeness (QED) is 0.343. The van der Waals surface area contributed by atoms with Gasteiger partial charge in [0.25, 0.3) is 5.56 Å². The average molecular weight is 448 g/mol. The second-order valence-corrected chi connectivity index (χ2v) is 9.55. The lowest BCUT2D eigenvalue weighted by molar-refractivity contribution is -0.129. The molecule has 5 rings (SSSR count). The lowest BCUT2D eigenvalue weighted by Crippen LogP contribution is -2.36. The summed E-state index contributed by atoms with van der Waals surface area (Å²) in [7, 11) is 0. The van der Waals surface area contributed by atoms with Crippen LogP contribution in [0, 0.1) is 6.92 Å². The molecule has 0 spiro atoms. The molecule has 0 unspecified atom stereocenters. The first-order chi connectivity index (χ1) is 15.1. The summed E-state index contributed by atoms with van der Waals surface area (Å²) in [4.78, 5) is 34.3. The minimum atomic E-state index is -0.120. The van der Waals surface area contributed by atoms with E-state index in [1.807, 2.05) is 54.3 Å². The number of nitrogens with zero attached hydrogens (tertiary/aromatic N) is 3. The van der Waals surface area contributed by atoms with E-state index in [2.05, 4.69) is 11.4 Å². The summed E-state index contributed by atoms with van der Waals surface area (Å²) in [6.45, 7) is 3.41. The van der Waals surface area contributed by atoms with Crippen molar-refractivity contribution in [3.8, 4) is 5.69 Å². The molecule has 0 aliphatic carbocycles. The molecule has 1 aliphatic rings. The van der Waals surface area contributed by atoms with E-state index in [4.69, 9.17) is 4.98 Å². The van der Waals surface area contributed by atoms with E-state index in [1.165, 1.54) is 22.2 Å². The number of thiophene rings is 1. The number of hydrogen-bond acceptors (Lipinski definition) is 5. The predicted octanol–water partition coefficient (Wildman–Crippen LogP) is 4.43. The van der Waals surface area contributed by atoms with Crippen LogP contribution < -0.4 is 5.56 Å². The molecule has 31 heavy (non-hydrogen) atoms. The van der Waals surface area contributed by atoms with Crippen LogP contribution in [0.15, 0.2) is 69.9 Å². The van der Waals surface area contributed by atoms with Gasteiger partial charge < -0.3 is 4.90 Å². The first-order valence-corrected chi connectivity index (χ1v) is 12.0. The van der Waals surface area contributed by atoms with Crippen molar-refractivity contribution in [1.82, 2.24) is 14.5 Å². The van der Waals surface area contributed by atoms with Crippen molar-refractivity contribution in [2.75, 3.05) is 12.3 Å². The molecular formula is C24H21N3O2S2. The minimum Gasteiger partial charge on any atom is -0.337 e. The fourth-order valence-corrected chi connectivity index (χ4v) is 5.61. The number of aryl methyl sites for hydroxylation is 1. The second kappa shape index (κ2) is 8.32. The number of fused-ring (bicyclic) bond motifs is 2. The predicted molar refractivity (Wildman–Crippen MR) is 126 cm³/mol. The third kappa shape index (κ3) is 3.91. The SMILES string of the molecule is Cc1ccc(-n2c(SCC(=O)N3CCc4sccc4C3)nc3ccccc3c2=O)cc1. The number of carbonyl (C=O) groups excluding carboxylic acids is 1. The summed E-state index contributed by atoms with van der Waals surface area (Å²) in [5.41, 5.74) is 3.64. The Bertz CT molecular complexity index is 1320. The zero-order valence-electron chi connectivity index (χ0n) is 17.1. The van der Waals surface area contributed by atoms with Crippen LogP contribution in [-0.2, 0) is 17.8 Å². The third-order valence-electron chi connectivity index (χ3n) is 5.52. The van der Waals surface area contributed by atoms with Crippen LogP contribution in [-0.4, -0.2) is 32.7 Å². The lowest BCUT2D eigenvalue weighted by atomic mass is 10.1. The zero-order valence-corrected chi connectivity index (χ0v) is 18.7. The normalized spacial score (nSPS) is 13.4. The molecule has 0 saturated heterocycles. The highest BCUT2D eigenvalue weighted by Crippen LogP contribution is 2.26. The maximum Gasteiger partial charge on any atom is 0.266 e. The number of benzene rings is 2. The van der Waals surface area contributed by atoms with Crippen molar-refractivity contribution >= 4 is 39.9 Å². The van der Waals surface area contributed by atoms with E-state index in [0.29, 0.717) is 22.6 Å². The fraction of sp³-hybridized carbons (Fsp3) is 0.208. The van der Waals surface area contributed by atoms with Crippen LogP contribution in [0.1, 0.15) is 16.0 Å². The topological polar surface area (TPSA) is 55.2 Å². The van der Waals surface area contributed by atoms with Gasteiger partial charge in [0.15, 0.2) is 5.16 Å². The van der Waals surface area contributed by atoms with Crippen LogP contribution in [0.3, 0.4) is 0 Å². The summed E-state index contributed by atoms with van der Waals surface area (Å²) in [5.74, 6) is 0.315. The van der Waals surface area contributed by atoms with Crippen molar-refractivity contribution in [3.63, 3.8) is 0 Å². The van der Waals surface area contributed by atoms with Crippen molar-refractivity contribution in [3.05, 3.63) is 86.3 Å². The minimum absolute atomic E-state index is 0.0692. The van der Waals surface area contributed by atoms with Crippen LogP contribution in [0.25, 0.3) is 16.6 Å². The molecule has 0 fully saturated rings. The number of rotatable bonds is 4. The van der Waals surface area contributed by atoms with E-state index in [1.54, 1.807) is 22.0 Å². The van der Waals surface area contributed by atoms with E-state index in [0.717, 1.165) is 24.2 Å². The Balaban J connectivity index is 1.46. The van der Waals surface area contributed by atoms with Gasteiger partial charge in [-0.25, -0.2) is 4.98 Å². The smallest absolute Gasteiger partial charge is 0.266 e. The van der Waals surface area contributed by atoms with Gasteiger partial charge in [0.05, 0.1) is 22.3 Å². The standard InChI is InChI=1S/C24H21N3O2S2/c1-16-6-8-18(9-7-16)27-23(29)19-4-2-3-5-20(19)25-24(27)31-15-22(28)26-12-10-21-17(14-26)11-13-30-21/h2-9,11,13H,10,12,14-15H2,1H3. The summed E-state index contributed by atoms with van der Waals surface area (Å²) in [5, 5.41) is 3.20. The Morgan fingerprint density at radius 1 is 1.13 bits per heavy atom. The van der Waals surface area contributed by atoms with E-state index < -0.39 is 0 Å². The second-order valence-electron chi connectivity index (χ2n) is 7.61. The molecular weight excluding hydrogens is 426 g/mol. The molecule has 5 nitrogen and oxygen atoms in total. The van der Waals surface area contributed by atoms with Crippen LogP contribution in [0.2, 0.25) is 0 Å². The molecule has 0 atom stereocenters. The number of carbonyl (C=O) groups is 1. The van der Waals surface area contributed by atoms with Gasteiger partial charge in [0.2, 0.25) is 5.91 Å². The number of thioether (sulfide) groups is 1. The molecule has 0 bridgehead atoms.